The van der Waals surface area contributed by atoms with Gasteiger partial charge in [-0.1, -0.05) is 18.5 Å². The molecular formula is C14H13ClN2O3. The maximum absolute atomic E-state index is 11.0. The number of pyridine rings is 1. The van der Waals surface area contributed by atoms with Crippen LogP contribution < -0.4 is 10.5 Å². The molecular weight excluding hydrogens is 280 g/mol. The average molecular weight is 293 g/mol. The molecule has 0 unspecified atom stereocenters. The predicted octanol–water partition coefficient (Wildman–Crippen LogP) is 3.37. The molecule has 1 aromatic carbocycles. The van der Waals surface area contributed by atoms with Crippen molar-refractivity contribution in [2.45, 2.75) is 13.3 Å². The number of carboxylic acids is 1. The fourth-order valence-electron chi connectivity index (χ4n) is 1.69. The highest BCUT2D eigenvalue weighted by Crippen LogP contribution is 2.27. The topological polar surface area (TPSA) is 85.4 Å². The molecule has 0 saturated heterocycles. The number of hydrogen-bond donors (Lipinski definition) is 2. The Bertz CT molecular complexity index is 659. The zero-order chi connectivity index (χ0) is 14.7. The number of rotatable bonds is 4. The lowest BCUT2D eigenvalue weighted by molar-refractivity contribution is 0.0697. The van der Waals surface area contributed by atoms with Gasteiger partial charge in [0.15, 0.2) is 0 Å². The minimum atomic E-state index is -1.12. The molecule has 0 aliphatic heterocycles. The van der Waals surface area contributed by atoms with E-state index >= 15 is 0 Å². The van der Waals surface area contributed by atoms with Crippen molar-refractivity contribution in [1.29, 1.82) is 0 Å². The number of nitrogens with zero attached hydrogens (tertiary/aromatic N) is 1. The van der Waals surface area contributed by atoms with E-state index in [9.17, 15) is 4.79 Å². The van der Waals surface area contributed by atoms with Crippen LogP contribution in [0.4, 0.5) is 5.69 Å². The van der Waals surface area contributed by atoms with Gasteiger partial charge in [0.05, 0.1) is 17.4 Å². The zero-order valence-electron chi connectivity index (χ0n) is 10.8. The number of carbonyl (C=O) groups is 1. The Balaban J connectivity index is 2.30. The smallest absolute Gasteiger partial charge is 0.338 e. The number of anilines is 1. The first-order valence-electron chi connectivity index (χ1n) is 5.96. The van der Waals surface area contributed by atoms with E-state index in [1.807, 2.05) is 6.92 Å². The molecule has 2 aromatic rings. The molecule has 0 spiro atoms. The van der Waals surface area contributed by atoms with E-state index in [2.05, 4.69) is 4.98 Å². The van der Waals surface area contributed by atoms with Crippen molar-refractivity contribution in [1.82, 2.24) is 4.98 Å². The summed E-state index contributed by atoms with van der Waals surface area (Å²) in [6.07, 6.45) is 2.03. The van der Waals surface area contributed by atoms with Crippen LogP contribution in [0.2, 0.25) is 5.02 Å². The first kappa shape index (κ1) is 14.1. The summed E-state index contributed by atoms with van der Waals surface area (Å²) in [4.78, 5) is 14.9. The van der Waals surface area contributed by atoms with Crippen LogP contribution in [0.1, 0.15) is 22.8 Å². The van der Waals surface area contributed by atoms with E-state index in [1.165, 1.54) is 12.3 Å². The molecule has 3 N–H and O–H groups in total. The van der Waals surface area contributed by atoms with Crippen LogP contribution in [-0.4, -0.2) is 16.1 Å². The maximum atomic E-state index is 11.0. The zero-order valence-corrected chi connectivity index (χ0v) is 11.5. The number of nitrogen functional groups attached to an aromatic ring is 1. The Hall–Kier alpha value is -2.27. The maximum Gasteiger partial charge on any atom is 0.338 e. The van der Waals surface area contributed by atoms with E-state index in [0.717, 1.165) is 12.0 Å². The number of ether oxygens (including phenoxy) is 1. The fraction of sp³-hybridized carbons (Fsp3) is 0.143. The lowest BCUT2D eigenvalue weighted by Gasteiger charge is -2.09. The van der Waals surface area contributed by atoms with E-state index in [4.69, 9.17) is 27.2 Å². The van der Waals surface area contributed by atoms with Gasteiger partial charge in [0.25, 0.3) is 0 Å². The Kier molecular flexibility index (Phi) is 4.10. The molecule has 0 aliphatic rings. The molecule has 20 heavy (non-hydrogen) atoms. The number of aromatic carboxylic acids is 1. The van der Waals surface area contributed by atoms with Crippen LogP contribution in [-0.2, 0) is 6.42 Å². The molecule has 6 heteroatoms. The molecule has 0 saturated carbocycles. The average Bonchev–Trinajstić information content (AvgIpc) is 2.42. The minimum Gasteiger partial charge on any atom is -0.478 e. The molecule has 0 atom stereocenters. The molecule has 0 radical (unpaired) electrons. The second kappa shape index (κ2) is 5.79. The summed E-state index contributed by atoms with van der Waals surface area (Å²) in [7, 11) is 0. The quantitative estimate of drug-likeness (QED) is 0.902. The van der Waals surface area contributed by atoms with Gasteiger partial charge in [-0.3, -0.25) is 0 Å². The number of benzene rings is 1. The lowest BCUT2D eigenvalue weighted by atomic mass is 10.1. The Morgan fingerprint density at radius 2 is 2.20 bits per heavy atom. The highest BCUT2D eigenvalue weighted by molar-refractivity contribution is 6.31. The third-order valence-electron chi connectivity index (χ3n) is 2.76. The van der Waals surface area contributed by atoms with Gasteiger partial charge in [-0.2, -0.15) is 0 Å². The molecule has 2 rings (SSSR count). The lowest BCUT2D eigenvalue weighted by Crippen LogP contribution is -2.03. The summed E-state index contributed by atoms with van der Waals surface area (Å²) < 4.78 is 5.53. The largest absolute Gasteiger partial charge is 0.478 e. The molecule has 104 valence electrons. The van der Waals surface area contributed by atoms with Crippen LogP contribution in [0, 0.1) is 0 Å². The van der Waals surface area contributed by atoms with Gasteiger partial charge in [0.2, 0.25) is 5.88 Å². The molecule has 0 fully saturated rings. The van der Waals surface area contributed by atoms with Crippen molar-refractivity contribution in [3.8, 4) is 11.6 Å². The summed E-state index contributed by atoms with van der Waals surface area (Å²) in [6.45, 7) is 1.98. The van der Waals surface area contributed by atoms with Gasteiger partial charge in [-0.15, -0.1) is 0 Å². The third kappa shape index (κ3) is 3.00. The number of hydrogen-bond acceptors (Lipinski definition) is 4. The van der Waals surface area contributed by atoms with Crippen LogP contribution >= 0.6 is 11.6 Å². The summed E-state index contributed by atoms with van der Waals surface area (Å²) in [5, 5.41) is 9.66. The number of aryl methyl sites for hydroxylation is 1. The van der Waals surface area contributed by atoms with Crippen molar-refractivity contribution in [2.24, 2.45) is 0 Å². The summed E-state index contributed by atoms with van der Waals surface area (Å²) in [6, 6.07) is 6.50. The summed E-state index contributed by atoms with van der Waals surface area (Å²) in [5.74, 6) is -0.416. The van der Waals surface area contributed by atoms with Gasteiger partial charge < -0.3 is 15.6 Å². The molecule has 1 aromatic heterocycles. The highest BCUT2D eigenvalue weighted by Gasteiger charge is 2.11. The van der Waals surface area contributed by atoms with E-state index < -0.39 is 5.97 Å². The van der Waals surface area contributed by atoms with Gasteiger partial charge in [-0.05, 0) is 30.2 Å². The second-order valence-corrected chi connectivity index (χ2v) is 4.53. The third-order valence-corrected chi connectivity index (χ3v) is 3.13. The normalized spacial score (nSPS) is 10.3. The van der Waals surface area contributed by atoms with E-state index in [0.29, 0.717) is 10.8 Å². The van der Waals surface area contributed by atoms with E-state index in [1.54, 1.807) is 18.2 Å². The standard InChI is InChI=1S/C14H13ClN2O3/c1-2-8-5-9(3-4-11(8)15)20-13-6-10(14(18)19)12(16)7-17-13/h3-7H,2,16H2,1H3,(H,18,19). The van der Waals surface area contributed by atoms with Crippen molar-refractivity contribution in [3.63, 3.8) is 0 Å². The minimum absolute atomic E-state index is 0.0420. The molecule has 0 amide bonds. The van der Waals surface area contributed by atoms with E-state index in [-0.39, 0.29) is 17.1 Å². The van der Waals surface area contributed by atoms with Gasteiger partial charge in [0, 0.05) is 11.1 Å². The van der Waals surface area contributed by atoms with Gasteiger partial charge >= 0.3 is 5.97 Å². The Labute approximate surface area is 121 Å². The van der Waals surface area contributed by atoms with Crippen LogP contribution in [0.5, 0.6) is 11.6 Å². The second-order valence-electron chi connectivity index (χ2n) is 4.12. The number of nitrogens with two attached hydrogens (primary N) is 1. The van der Waals surface area contributed by atoms with Crippen molar-refractivity contribution >= 4 is 23.3 Å². The summed E-state index contributed by atoms with van der Waals surface area (Å²) in [5.41, 5.74) is 6.53. The molecule has 0 aliphatic carbocycles. The Morgan fingerprint density at radius 1 is 1.45 bits per heavy atom. The monoisotopic (exact) mass is 292 g/mol. The Morgan fingerprint density at radius 3 is 2.85 bits per heavy atom. The molecule has 1 heterocycles. The van der Waals surface area contributed by atoms with Crippen LogP contribution in [0.3, 0.4) is 0 Å². The van der Waals surface area contributed by atoms with Crippen LogP contribution in [0.15, 0.2) is 30.5 Å². The number of halogens is 1. The first-order valence-corrected chi connectivity index (χ1v) is 6.34. The van der Waals surface area contributed by atoms with Crippen molar-refractivity contribution < 1.29 is 14.6 Å². The molecule has 0 bridgehead atoms. The SMILES string of the molecule is CCc1cc(Oc2cc(C(=O)O)c(N)cn2)ccc1Cl. The van der Waals surface area contributed by atoms with Crippen LogP contribution in [0.25, 0.3) is 0 Å². The van der Waals surface area contributed by atoms with Gasteiger partial charge in [-0.25, -0.2) is 9.78 Å². The molecule has 5 nitrogen and oxygen atoms in total. The number of aromatic nitrogens is 1. The number of carboxylic acid groups (broad SMARTS) is 1. The summed E-state index contributed by atoms with van der Waals surface area (Å²) >= 11 is 6.02. The fourth-order valence-corrected chi connectivity index (χ4v) is 1.95. The highest BCUT2D eigenvalue weighted by atomic mass is 35.5. The van der Waals surface area contributed by atoms with Crippen molar-refractivity contribution in [2.75, 3.05) is 5.73 Å². The van der Waals surface area contributed by atoms with Gasteiger partial charge in [0.1, 0.15) is 5.75 Å². The predicted molar refractivity (Wildman–Crippen MR) is 76.5 cm³/mol. The van der Waals surface area contributed by atoms with Crippen molar-refractivity contribution in [3.05, 3.63) is 46.6 Å². The first-order chi connectivity index (χ1) is 9.51.